The van der Waals surface area contributed by atoms with Crippen molar-refractivity contribution in [2.75, 3.05) is 0 Å². The normalized spacial score (nSPS) is 11.8. The van der Waals surface area contributed by atoms with E-state index >= 15 is 0 Å². The number of rotatable bonds is 4. The van der Waals surface area contributed by atoms with Crippen LogP contribution in [0.5, 0.6) is 0 Å². The van der Waals surface area contributed by atoms with Crippen LogP contribution in [0.4, 0.5) is 0 Å². The molecule has 0 unspecified atom stereocenters. The van der Waals surface area contributed by atoms with Gasteiger partial charge in [-0.15, -0.1) is 0 Å². The zero-order chi connectivity index (χ0) is 18.6. The lowest BCUT2D eigenvalue weighted by Gasteiger charge is -2.29. The van der Waals surface area contributed by atoms with Crippen molar-refractivity contribution in [3.8, 4) is 0 Å². The monoisotopic (exact) mass is 360 g/mol. The van der Waals surface area contributed by atoms with Crippen LogP contribution in [0.15, 0.2) is 91.0 Å². The second-order valence-electron chi connectivity index (χ2n) is 7.47. The fourth-order valence-electron chi connectivity index (χ4n) is 3.03. The number of benzene rings is 3. The molecule has 0 aliphatic carbocycles. The van der Waals surface area contributed by atoms with Gasteiger partial charge in [0.2, 0.25) is 0 Å². The fraction of sp³-hybridized carbons (Fsp3) is 0.167. The molecular formula is C24H25OP. The maximum atomic E-state index is 13.2. The Bertz CT molecular complexity index is 817. The Balaban J connectivity index is 2.44. The molecular weight excluding hydrogens is 335 g/mol. The molecule has 3 aromatic rings. The van der Waals surface area contributed by atoms with E-state index in [1.807, 2.05) is 44.8 Å². The van der Waals surface area contributed by atoms with Crippen molar-refractivity contribution in [1.29, 1.82) is 0 Å². The number of carbonyl (C=O) groups is 1. The third-order valence-corrected chi connectivity index (χ3v) is 8.50. The molecule has 0 atom stereocenters. The first-order valence-electron chi connectivity index (χ1n) is 8.90. The lowest BCUT2D eigenvalue weighted by Crippen LogP contribution is -2.31. The SMILES string of the molecule is CC(C)(C)C(=O)C=P(c1ccccc1)(c1ccccc1)c1ccccc1. The number of ketones is 1. The second-order valence-corrected chi connectivity index (χ2v) is 10.7. The summed E-state index contributed by atoms with van der Waals surface area (Å²) in [5.74, 6) is 2.20. The van der Waals surface area contributed by atoms with E-state index in [2.05, 4.69) is 72.8 Å². The molecule has 3 aromatic carbocycles. The molecule has 0 heterocycles. The lowest BCUT2D eigenvalue weighted by atomic mass is 9.92. The van der Waals surface area contributed by atoms with Crippen LogP contribution in [0.2, 0.25) is 0 Å². The lowest BCUT2D eigenvalue weighted by molar-refractivity contribution is -0.118. The Morgan fingerprint density at radius 1 is 0.654 bits per heavy atom. The molecule has 0 amide bonds. The van der Waals surface area contributed by atoms with Crippen LogP contribution in [0.1, 0.15) is 20.8 Å². The molecule has 132 valence electrons. The molecule has 0 saturated heterocycles. The second kappa shape index (κ2) is 7.48. The standard InChI is InChI=1S/C24H25OP/c1-24(2,3)23(25)19-26(20-13-7-4-8-14-20,21-15-9-5-10-16-21)22-17-11-6-12-18-22/h4-19H,1-3H3. The summed E-state index contributed by atoms with van der Waals surface area (Å²) in [6.07, 6.45) is 0. The van der Waals surface area contributed by atoms with Gasteiger partial charge in [-0.2, -0.15) is 0 Å². The van der Waals surface area contributed by atoms with Gasteiger partial charge in [-0.05, 0) is 28.6 Å². The van der Waals surface area contributed by atoms with E-state index in [4.69, 9.17) is 0 Å². The summed E-state index contributed by atoms with van der Waals surface area (Å²) >= 11 is 0. The summed E-state index contributed by atoms with van der Waals surface area (Å²) in [6, 6.07) is 31.4. The minimum Gasteiger partial charge on any atom is -0.294 e. The van der Waals surface area contributed by atoms with Gasteiger partial charge < -0.3 is 0 Å². The van der Waals surface area contributed by atoms with Crippen LogP contribution in [-0.4, -0.2) is 11.6 Å². The molecule has 0 radical (unpaired) electrons. The smallest absolute Gasteiger partial charge is 0.162 e. The van der Waals surface area contributed by atoms with E-state index in [-0.39, 0.29) is 5.78 Å². The number of Topliss-reactive ketones (excluding diaryl/α,β-unsaturated/α-hetero) is 1. The topological polar surface area (TPSA) is 17.1 Å². The minimum absolute atomic E-state index is 0.183. The number of hydrogen-bond donors (Lipinski definition) is 0. The first kappa shape index (κ1) is 18.4. The Morgan fingerprint density at radius 3 is 1.23 bits per heavy atom. The number of carbonyl (C=O) groups excluding carboxylic acids is 1. The average molecular weight is 360 g/mol. The molecule has 0 aliphatic heterocycles. The van der Waals surface area contributed by atoms with Crippen LogP contribution in [0, 0.1) is 5.41 Å². The molecule has 2 heteroatoms. The van der Waals surface area contributed by atoms with E-state index in [1.165, 1.54) is 15.9 Å². The van der Waals surface area contributed by atoms with Gasteiger partial charge in [0, 0.05) is 5.41 Å². The van der Waals surface area contributed by atoms with Gasteiger partial charge in [0.1, 0.15) is 0 Å². The summed E-state index contributed by atoms with van der Waals surface area (Å²) in [5.41, 5.74) is -0.413. The van der Waals surface area contributed by atoms with Crippen LogP contribution in [0.25, 0.3) is 0 Å². The molecule has 0 fully saturated rings. The van der Waals surface area contributed by atoms with E-state index in [0.29, 0.717) is 0 Å². The van der Waals surface area contributed by atoms with Gasteiger partial charge in [-0.3, -0.25) is 4.79 Å². The summed E-state index contributed by atoms with van der Waals surface area (Å²) in [7, 11) is 0. The van der Waals surface area contributed by atoms with Crippen LogP contribution in [-0.2, 0) is 4.79 Å². The zero-order valence-corrected chi connectivity index (χ0v) is 16.5. The Labute approximate surface area is 156 Å². The van der Waals surface area contributed by atoms with Crippen LogP contribution < -0.4 is 15.9 Å². The molecule has 0 N–H and O–H groups in total. The van der Waals surface area contributed by atoms with Crippen molar-refractivity contribution < 1.29 is 4.79 Å². The van der Waals surface area contributed by atoms with Gasteiger partial charge in [-0.1, -0.05) is 112 Å². The predicted molar refractivity (Wildman–Crippen MR) is 116 cm³/mol. The van der Waals surface area contributed by atoms with E-state index in [1.54, 1.807) is 0 Å². The van der Waals surface area contributed by atoms with Gasteiger partial charge in [0.15, 0.2) is 5.78 Å². The van der Waals surface area contributed by atoms with Gasteiger partial charge in [-0.25, -0.2) is 0 Å². The largest absolute Gasteiger partial charge is 0.294 e. The highest BCUT2D eigenvalue weighted by Gasteiger charge is 2.29. The predicted octanol–water partition coefficient (Wildman–Crippen LogP) is 4.40. The summed E-state index contributed by atoms with van der Waals surface area (Å²) in [6.45, 7) is 3.78. The highest BCUT2D eigenvalue weighted by molar-refractivity contribution is 7.95. The van der Waals surface area contributed by atoms with Crippen LogP contribution >= 0.6 is 6.89 Å². The van der Waals surface area contributed by atoms with Crippen molar-refractivity contribution >= 4 is 34.4 Å². The van der Waals surface area contributed by atoms with Crippen molar-refractivity contribution in [1.82, 2.24) is 0 Å². The Morgan fingerprint density at radius 2 is 0.962 bits per heavy atom. The highest BCUT2D eigenvalue weighted by Crippen LogP contribution is 2.44. The maximum absolute atomic E-state index is 13.2. The zero-order valence-electron chi connectivity index (χ0n) is 15.6. The van der Waals surface area contributed by atoms with E-state index in [9.17, 15) is 4.79 Å². The molecule has 3 rings (SSSR count). The van der Waals surface area contributed by atoms with Crippen molar-refractivity contribution in [2.24, 2.45) is 5.41 Å². The molecule has 0 aliphatic rings. The van der Waals surface area contributed by atoms with Gasteiger partial charge in [0.25, 0.3) is 0 Å². The maximum Gasteiger partial charge on any atom is 0.162 e. The minimum atomic E-state index is -2.18. The Kier molecular flexibility index (Phi) is 5.30. The van der Waals surface area contributed by atoms with Gasteiger partial charge in [0.05, 0.1) is 0 Å². The van der Waals surface area contributed by atoms with E-state index in [0.717, 1.165) is 0 Å². The van der Waals surface area contributed by atoms with Gasteiger partial charge >= 0.3 is 0 Å². The highest BCUT2D eigenvalue weighted by atomic mass is 31.2. The van der Waals surface area contributed by atoms with Crippen molar-refractivity contribution in [3.05, 3.63) is 91.0 Å². The molecule has 1 nitrogen and oxygen atoms in total. The summed E-state index contributed by atoms with van der Waals surface area (Å²) < 4.78 is 0. The average Bonchev–Trinajstić information content (AvgIpc) is 2.67. The third kappa shape index (κ3) is 3.59. The van der Waals surface area contributed by atoms with Crippen LogP contribution in [0.3, 0.4) is 0 Å². The first-order chi connectivity index (χ1) is 12.4. The molecule has 0 aromatic heterocycles. The molecule has 0 spiro atoms. The molecule has 0 saturated carbocycles. The third-order valence-electron chi connectivity index (χ3n) is 4.54. The quantitative estimate of drug-likeness (QED) is 0.631. The Hall–Kier alpha value is -2.37. The summed E-state index contributed by atoms with van der Waals surface area (Å²) in [4.78, 5) is 13.2. The molecule has 0 bridgehead atoms. The van der Waals surface area contributed by atoms with Crippen molar-refractivity contribution in [2.45, 2.75) is 20.8 Å². The fourth-order valence-corrected chi connectivity index (χ4v) is 7.04. The van der Waals surface area contributed by atoms with Crippen molar-refractivity contribution in [3.63, 3.8) is 0 Å². The van der Waals surface area contributed by atoms with E-state index < -0.39 is 12.3 Å². The first-order valence-corrected chi connectivity index (χ1v) is 10.8. The molecule has 26 heavy (non-hydrogen) atoms. The summed E-state index contributed by atoms with van der Waals surface area (Å²) in [5, 5.41) is 3.61. The number of hydrogen-bond acceptors (Lipinski definition) is 1.